The van der Waals surface area contributed by atoms with E-state index >= 15 is 0 Å². The lowest BCUT2D eigenvalue weighted by Crippen LogP contribution is -2.18. The molecule has 0 aliphatic carbocycles. The molecule has 3 nitrogen and oxygen atoms in total. The van der Waals surface area contributed by atoms with E-state index in [1.54, 1.807) is 19.1 Å². The van der Waals surface area contributed by atoms with Gasteiger partial charge in [0.1, 0.15) is 11.9 Å². The number of phenolic OH excluding ortho intramolecular Hbond substituents is 1. The Bertz CT molecular complexity index is 328. The van der Waals surface area contributed by atoms with E-state index in [4.69, 9.17) is 11.6 Å². The SMILES string of the molecule is Cc1cc(C(O)C(O)CCCl)ccc1O. The lowest BCUT2D eigenvalue weighted by molar-refractivity contribution is 0.0169. The second-order valence-corrected chi connectivity index (χ2v) is 3.91. The number of halogens is 1. The van der Waals surface area contributed by atoms with Gasteiger partial charge in [0.2, 0.25) is 0 Å². The van der Waals surface area contributed by atoms with Crippen LogP contribution in [0, 0.1) is 6.92 Å². The van der Waals surface area contributed by atoms with E-state index in [-0.39, 0.29) is 5.75 Å². The average molecular weight is 231 g/mol. The second kappa shape index (κ2) is 5.35. The average Bonchev–Trinajstić information content (AvgIpc) is 2.21. The van der Waals surface area contributed by atoms with Gasteiger partial charge in [-0.1, -0.05) is 6.07 Å². The van der Waals surface area contributed by atoms with Crippen LogP contribution in [0.25, 0.3) is 0 Å². The van der Waals surface area contributed by atoms with E-state index in [9.17, 15) is 15.3 Å². The van der Waals surface area contributed by atoms with Crippen molar-refractivity contribution in [2.75, 3.05) is 5.88 Å². The summed E-state index contributed by atoms with van der Waals surface area (Å²) in [5.41, 5.74) is 1.26. The van der Waals surface area contributed by atoms with Crippen LogP contribution in [0.4, 0.5) is 0 Å². The molecule has 3 N–H and O–H groups in total. The molecule has 84 valence electrons. The Kier molecular flexibility index (Phi) is 4.39. The van der Waals surface area contributed by atoms with Crippen LogP contribution < -0.4 is 0 Å². The molecule has 0 saturated heterocycles. The first-order valence-electron chi connectivity index (χ1n) is 4.78. The van der Waals surface area contributed by atoms with Gasteiger partial charge in [-0.05, 0) is 36.6 Å². The fourth-order valence-electron chi connectivity index (χ4n) is 1.35. The quantitative estimate of drug-likeness (QED) is 0.691. The van der Waals surface area contributed by atoms with Gasteiger partial charge in [-0.15, -0.1) is 11.6 Å². The summed E-state index contributed by atoms with van der Waals surface area (Å²) in [6, 6.07) is 4.74. The monoisotopic (exact) mass is 230 g/mol. The smallest absolute Gasteiger partial charge is 0.118 e. The number of aliphatic hydroxyl groups is 2. The molecule has 0 heterocycles. The van der Waals surface area contributed by atoms with Crippen molar-refractivity contribution in [3.63, 3.8) is 0 Å². The third-order valence-electron chi connectivity index (χ3n) is 2.33. The van der Waals surface area contributed by atoms with Gasteiger partial charge in [0.05, 0.1) is 6.10 Å². The number of aliphatic hydroxyl groups excluding tert-OH is 2. The van der Waals surface area contributed by atoms with Crippen molar-refractivity contribution in [1.82, 2.24) is 0 Å². The van der Waals surface area contributed by atoms with Gasteiger partial charge >= 0.3 is 0 Å². The van der Waals surface area contributed by atoms with Crippen LogP contribution in [0.2, 0.25) is 0 Å². The molecule has 15 heavy (non-hydrogen) atoms. The Labute approximate surface area is 93.9 Å². The summed E-state index contributed by atoms with van der Waals surface area (Å²) in [4.78, 5) is 0. The van der Waals surface area contributed by atoms with Crippen molar-refractivity contribution in [1.29, 1.82) is 0 Å². The zero-order chi connectivity index (χ0) is 11.4. The summed E-state index contributed by atoms with van der Waals surface area (Å²) in [6.45, 7) is 1.74. The van der Waals surface area contributed by atoms with Gasteiger partial charge < -0.3 is 15.3 Å². The maximum atomic E-state index is 9.75. The maximum Gasteiger partial charge on any atom is 0.118 e. The second-order valence-electron chi connectivity index (χ2n) is 3.54. The Morgan fingerprint density at radius 2 is 2.00 bits per heavy atom. The first kappa shape index (κ1) is 12.3. The topological polar surface area (TPSA) is 60.7 Å². The van der Waals surface area contributed by atoms with Gasteiger partial charge in [0, 0.05) is 5.88 Å². The molecule has 1 aromatic carbocycles. The predicted octanol–water partition coefficient (Wildman–Crippen LogP) is 1.72. The lowest BCUT2D eigenvalue weighted by Gasteiger charge is -2.17. The van der Waals surface area contributed by atoms with Crippen LogP contribution >= 0.6 is 11.6 Å². The molecule has 2 atom stereocenters. The zero-order valence-electron chi connectivity index (χ0n) is 8.52. The highest BCUT2D eigenvalue weighted by atomic mass is 35.5. The minimum absolute atomic E-state index is 0.179. The number of aryl methyl sites for hydroxylation is 1. The highest BCUT2D eigenvalue weighted by molar-refractivity contribution is 6.17. The molecule has 0 aromatic heterocycles. The minimum Gasteiger partial charge on any atom is -0.508 e. The Morgan fingerprint density at radius 3 is 2.53 bits per heavy atom. The normalized spacial score (nSPS) is 14.9. The van der Waals surface area contributed by atoms with E-state index in [2.05, 4.69) is 0 Å². The van der Waals surface area contributed by atoms with Gasteiger partial charge in [-0.25, -0.2) is 0 Å². The Morgan fingerprint density at radius 1 is 1.33 bits per heavy atom. The number of hydrogen-bond acceptors (Lipinski definition) is 3. The summed E-state index contributed by atoms with van der Waals surface area (Å²) in [5.74, 6) is 0.479. The molecule has 0 amide bonds. The van der Waals surface area contributed by atoms with Crippen LogP contribution in [0.3, 0.4) is 0 Å². The summed E-state index contributed by atoms with van der Waals surface area (Å²) in [7, 11) is 0. The van der Waals surface area contributed by atoms with E-state index in [1.165, 1.54) is 6.07 Å². The number of phenols is 1. The van der Waals surface area contributed by atoms with Crippen molar-refractivity contribution in [3.8, 4) is 5.75 Å². The number of aromatic hydroxyl groups is 1. The van der Waals surface area contributed by atoms with Crippen molar-refractivity contribution >= 4 is 11.6 Å². The van der Waals surface area contributed by atoms with E-state index < -0.39 is 12.2 Å². The molecule has 0 saturated carbocycles. The molecule has 0 bridgehead atoms. The summed E-state index contributed by atoms with van der Waals surface area (Å²) in [6.07, 6.45) is -1.49. The summed E-state index contributed by atoms with van der Waals surface area (Å²) < 4.78 is 0. The highest BCUT2D eigenvalue weighted by Gasteiger charge is 2.18. The number of hydrogen-bond donors (Lipinski definition) is 3. The Balaban J connectivity index is 2.81. The molecule has 0 radical (unpaired) electrons. The maximum absolute atomic E-state index is 9.75. The Hall–Kier alpha value is -0.770. The number of benzene rings is 1. The first-order chi connectivity index (χ1) is 7.06. The highest BCUT2D eigenvalue weighted by Crippen LogP contribution is 2.24. The van der Waals surface area contributed by atoms with E-state index in [1.807, 2.05) is 0 Å². The number of rotatable bonds is 4. The number of alkyl halides is 1. The van der Waals surface area contributed by atoms with Crippen molar-refractivity contribution < 1.29 is 15.3 Å². The molecule has 0 aliphatic rings. The van der Waals surface area contributed by atoms with E-state index in [0.717, 1.165) is 0 Å². The van der Waals surface area contributed by atoms with Crippen molar-refractivity contribution in [2.24, 2.45) is 0 Å². The van der Waals surface area contributed by atoms with Crippen LogP contribution in [-0.2, 0) is 0 Å². The predicted molar refractivity (Wildman–Crippen MR) is 59.1 cm³/mol. The fraction of sp³-hybridized carbons (Fsp3) is 0.455. The molecule has 0 spiro atoms. The molecular formula is C11H15ClO3. The van der Waals surface area contributed by atoms with Gasteiger partial charge in [0.15, 0.2) is 0 Å². The largest absolute Gasteiger partial charge is 0.508 e. The summed E-state index contributed by atoms with van der Waals surface area (Å²) >= 11 is 5.47. The molecule has 0 aliphatic heterocycles. The van der Waals surface area contributed by atoms with Crippen LogP contribution in [0.1, 0.15) is 23.7 Å². The molecule has 1 rings (SSSR count). The van der Waals surface area contributed by atoms with Crippen LogP contribution in [0.5, 0.6) is 5.75 Å². The minimum atomic E-state index is -0.956. The van der Waals surface area contributed by atoms with Gasteiger partial charge in [-0.2, -0.15) is 0 Å². The molecule has 2 unspecified atom stereocenters. The zero-order valence-corrected chi connectivity index (χ0v) is 9.28. The molecule has 1 aromatic rings. The third kappa shape index (κ3) is 3.09. The summed E-state index contributed by atoms with van der Waals surface area (Å²) in [5, 5.41) is 28.6. The molecule has 0 fully saturated rings. The van der Waals surface area contributed by atoms with Gasteiger partial charge in [0.25, 0.3) is 0 Å². The fourth-order valence-corrected chi connectivity index (χ4v) is 1.58. The lowest BCUT2D eigenvalue weighted by atomic mass is 10.0. The molecular weight excluding hydrogens is 216 g/mol. The molecule has 4 heteroatoms. The standard InChI is InChI=1S/C11H15ClO3/c1-7-6-8(2-3-9(7)13)11(15)10(14)4-5-12/h2-3,6,10-11,13-15H,4-5H2,1H3. The van der Waals surface area contributed by atoms with Crippen molar-refractivity contribution in [2.45, 2.75) is 25.6 Å². The van der Waals surface area contributed by atoms with Crippen LogP contribution in [0.15, 0.2) is 18.2 Å². The van der Waals surface area contributed by atoms with Crippen LogP contribution in [-0.4, -0.2) is 27.3 Å². The van der Waals surface area contributed by atoms with Crippen molar-refractivity contribution in [3.05, 3.63) is 29.3 Å². The first-order valence-corrected chi connectivity index (χ1v) is 5.31. The third-order valence-corrected chi connectivity index (χ3v) is 2.55. The van der Waals surface area contributed by atoms with E-state index in [0.29, 0.717) is 23.4 Å². The van der Waals surface area contributed by atoms with Gasteiger partial charge in [-0.3, -0.25) is 0 Å².